The molecule has 0 unspecified atom stereocenters. The van der Waals surface area contributed by atoms with Gasteiger partial charge < -0.3 is 4.74 Å². The van der Waals surface area contributed by atoms with Crippen molar-refractivity contribution in [2.45, 2.75) is 26.9 Å². The van der Waals surface area contributed by atoms with Crippen molar-refractivity contribution in [1.82, 2.24) is 9.97 Å². The number of aromatic nitrogens is 2. The van der Waals surface area contributed by atoms with Crippen LogP contribution in [-0.2, 0) is 0 Å². The zero-order valence-corrected chi connectivity index (χ0v) is 11.4. The normalized spacial score (nSPS) is 10.7. The molecular weight excluding hydrogens is 248 g/mol. The molecule has 0 aliphatic heterocycles. The second kappa shape index (κ2) is 5.36. The molecule has 0 amide bonds. The van der Waals surface area contributed by atoms with E-state index < -0.39 is 0 Å². The first-order valence-electron chi connectivity index (χ1n) is 5.83. The predicted octanol–water partition coefficient (Wildman–Crippen LogP) is 3.89. The largest absolute Gasteiger partial charge is 0.490 e. The Morgan fingerprint density at radius 3 is 2.56 bits per heavy atom. The summed E-state index contributed by atoms with van der Waals surface area (Å²) >= 11 is 5.97. The zero-order valence-electron chi connectivity index (χ0n) is 10.6. The van der Waals surface area contributed by atoms with E-state index in [9.17, 15) is 0 Å². The maximum Gasteiger partial charge on any atom is 0.133 e. The number of halogens is 1. The van der Waals surface area contributed by atoms with Crippen LogP contribution in [0.25, 0.3) is 11.3 Å². The molecule has 0 saturated carbocycles. The van der Waals surface area contributed by atoms with E-state index in [2.05, 4.69) is 9.97 Å². The number of benzene rings is 1. The van der Waals surface area contributed by atoms with Crippen LogP contribution in [-0.4, -0.2) is 16.1 Å². The smallest absolute Gasteiger partial charge is 0.133 e. The molecule has 0 N–H and O–H groups in total. The van der Waals surface area contributed by atoms with Crippen molar-refractivity contribution in [1.29, 1.82) is 0 Å². The average Bonchev–Trinajstić information content (AvgIpc) is 2.27. The molecule has 3 nitrogen and oxygen atoms in total. The van der Waals surface area contributed by atoms with E-state index in [0.29, 0.717) is 11.0 Å². The Hall–Kier alpha value is -1.61. The van der Waals surface area contributed by atoms with Gasteiger partial charge >= 0.3 is 0 Å². The summed E-state index contributed by atoms with van der Waals surface area (Å²) in [4.78, 5) is 8.46. The van der Waals surface area contributed by atoms with E-state index in [1.165, 1.54) is 0 Å². The topological polar surface area (TPSA) is 35.0 Å². The molecule has 1 aromatic carbocycles. The number of ether oxygens (including phenoxy) is 1. The van der Waals surface area contributed by atoms with Gasteiger partial charge in [-0.05, 0) is 32.9 Å². The highest BCUT2D eigenvalue weighted by Gasteiger charge is 2.10. The molecule has 2 rings (SSSR count). The summed E-state index contributed by atoms with van der Waals surface area (Å²) in [5, 5.41) is 0.442. The maximum absolute atomic E-state index is 5.97. The summed E-state index contributed by atoms with van der Waals surface area (Å²) in [5.74, 6) is 1.46. The van der Waals surface area contributed by atoms with Crippen molar-refractivity contribution >= 4 is 11.6 Å². The molecule has 0 aliphatic carbocycles. The maximum atomic E-state index is 5.97. The quantitative estimate of drug-likeness (QED) is 0.787. The van der Waals surface area contributed by atoms with E-state index >= 15 is 0 Å². The minimum atomic E-state index is 0.115. The van der Waals surface area contributed by atoms with Gasteiger partial charge in [0.2, 0.25) is 0 Å². The fraction of sp³-hybridized carbons (Fsp3) is 0.286. The van der Waals surface area contributed by atoms with Crippen LogP contribution < -0.4 is 4.74 Å². The van der Waals surface area contributed by atoms with Crippen molar-refractivity contribution in [3.63, 3.8) is 0 Å². The minimum absolute atomic E-state index is 0.115. The number of aryl methyl sites for hydroxylation is 1. The van der Waals surface area contributed by atoms with E-state index in [-0.39, 0.29) is 6.10 Å². The molecule has 0 atom stereocenters. The van der Waals surface area contributed by atoms with Gasteiger partial charge in [-0.15, -0.1) is 0 Å². The minimum Gasteiger partial charge on any atom is -0.490 e. The number of hydrogen-bond acceptors (Lipinski definition) is 3. The molecule has 4 heteroatoms. The van der Waals surface area contributed by atoms with E-state index in [1.807, 2.05) is 45.0 Å². The van der Waals surface area contributed by atoms with Gasteiger partial charge in [0.15, 0.2) is 0 Å². The first-order valence-corrected chi connectivity index (χ1v) is 6.21. The monoisotopic (exact) mass is 262 g/mol. The molecule has 94 valence electrons. The highest BCUT2D eigenvalue weighted by atomic mass is 35.5. The summed E-state index contributed by atoms with van der Waals surface area (Å²) < 4.78 is 5.78. The van der Waals surface area contributed by atoms with E-state index in [0.717, 1.165) is 17.0 Å². The van der Waals surface area contributed by atoms with Crippen LogP contribution in [0, 0.1) is 6.92 Å². The average molecular weight is 263 g/mol. The van der Waals surface area contributed by atoms with Crippen molar-refractivity contribution in [2.75, 3.05) is 0 Å². The molecule has 1 heterocycles. The Balaban J connectivity index is 2.49. The fourth-order valence-electron chi connectivity index (χ4n) is 1.70. The Kier molecular flexibility index (Phi) is 3.82. The second-order valence-electron chi connectivity index (χ2n) is 4.29. The zero-order chi connectivity index (χ0) is 13.1. The van der Waals surface area contributed by atoms with Gasteiger partial charge in [0.05, 0.1) is 11.8 Å². The number of nitrogens with zero attached hydrogens (tertiary/aromatic N) is 2. The molecule has 0 bridgehead atoms. The fourth-order valence-corrected chi connectivity index (χ4v) is 1.93. The van der Waals surface area contributed by atoms with Crippen LogP contribution in [0.5, 0.6) is 5.75 Å². The molecule has 0 spiro atoms. The second-order valence-corrected chi connectivity index (χ2v) is 4.67. The third-order valence-electron chi connectivity index (χ3n) is 2.33. The lowest BCUT2D eigenvalue weighted by Gasteiger charge is -2.14. The van der Waals surface area contributed by atoms with Gasteiger partial charge in [-0.2, -0.15) is 0 Å². The van der Waals surface area contributed by atoms with Gasteiger partial charge in [0, 0.05) is 11.6 Å². The highest BCUT2D eigenvalue weighted by Crippen LogP contribution is 2.30. The lowest BCUT2D eigenvalue weighted by atomic mass is 10.1. The highest BCUT2D eigenvalue weighted by molar-refractivity contribution is 6.29. The van der Waals surface area contributed by atoms with Crippen molar-refractivity contribution in [2.24, 2.45) is 0 Å². The molecule has 0 aliphatic rings. The van der Waals surface area contributed by atoms with Gasteiger partial charge in [-0.25, -0.2) is 9.97 Å². The van der Waals surface area contributed by atoms with Gasteiger partial charge in [0.25, 0.3) is 0 Å². The van der Waals surface area contributed by atoms with E-state index in [4.69, 9.17) is 16.3 Å². The van der Waals surface area contributed by atoms with Crippen LogP contribution in [0.1, 0.15) is 19.7 Å². The number of para-hydroxylation sites is 1. The number of rotatable bonds is 3. The third kappa shape index (κ3) is 2.99. The molecule has 0 fully saturated rings. The lowest BCUT2D eigenvalue weighted by Crippen LogP contribution is -2.06. The summed E-state index contributed by atoms with van der Waals surface area (Å²) in [5.41, 5.74) is 1.71. The van der Waals surface area contributed by atoms with Crippen LogP contribution in [0.2, 0.25) is 5.15 Å². The SMILES string of the molecule is Cc1nc(Cl)cc(-c2ccccc2OC(C)C)n1. The summed E-state index contributed by atoms with van der Waals surface area (Å²) in [6.07, 6.45) is 0.115. The van der Waals surface area contributed by atoms with Gasteiger partial charge in [0.1, 0.15) is 16.7 Å². The van der Waals surface area contributed by atoms with Crippen LogP contribution in [0.3, 0.4) is 0 Å². The predicted molar refractivity (Wildman–Crippen MR) is 73.0 cm³/mol. The molecular formula is C14H15ClN2O. The van der Waals surface area contributed by atoms with Crippen LogP contribution in [0.15, 0.2) is 30.3 Å². The van der Waals surface area contributed by atoms with Crippen LogP contribution >= 0.6 is 11.6 Å². The van der Waals surface area contributed by atoms with Gasteiger partial charge in [-0.3, -0.25) is 0 Å². The Bertz CT molecular complexity index is 535. The van der Waals surface area contributed by atoms with Crippen molar-refractivity contribution in [3.05, 3.63) is 41.3 Å². The van der Waals surface area contributed by atoms with E-state index in [1.54, 1.807) is 6.07 Å². The summed E-state index contributed by atoms with van der Waals surface area (Å²) in [6.45, 7) is 5.81. The Morgan fingerprint density at radius 1 is 1.17 bits per heavy atom. The number of hydrogen-bond donors (Lipinski definition) is 0. The Labute approximate surface area is 112 Å². The molecule has 2 aromatic rings. The summed E-state index contributed by atoms with van der Waals surface area (Å²) in [6, 6.07) is 9.54. The van der Waals surface area contributed by atoms with Crippen molar-refractivity contribution < 1.29 is 4.74 Å². The standard InChI is InChI=1S/C14H15ClN2O/c1-9(2)18-13-7-5-4-6-11(13)12-8-14(15)17-10(3)16-12/h4-9H,1-3H3. The molecule has 0 radical (unpaired) electrons. The molecule has 18 heavy (non-hydrogen) atoms. The summed E-state index contributed by atoms with van der Waals surface area (Å²) in [7, 11) is 0. The third-order valence-corrected chi connectivity index (χ3v) is 2.53. The molecule has 0 saturated heterocycles. The van der Waals surface area contributed by atoms with Crippen LogP contribution in [0.4, 0.5) is 0 Å². The van der Waals surface area contributed by atoms with Crippen molar-refractivity contribution in [3.8, 4) is 17.0 Å². The lowest BCUT2D eigenvalue weighted by molar-refractivity contribution is 0.243. The first kappa shape index (κ1) is 12.8. The first-order chi connectivity index (χ1) is 8.56. The van der Waals surface area contributed by atoms with Gasteiger partial charge in [-0.1, -0.05) is 23.7 Å². The molecule has 1 aromatic heterocycles. The Morgan fingerprint density at radius 2 is 1.89 bits per heavy atom.